The largest absolute Gasteiger partial charge is 0.481 e. The molecule has 0 radical (unpaired) electrons. The molecule has 1 aliphatic carbocycles. The van der Waals surface area contributed by atoms with Crippen LogP contribution in [0.5, 0.6) is 0 Å². The van der Waals surface area contributed by atoms with Gasteiger partial charge in [0.1, 0.15) is 0 Å². The molecule has 0 unspecified atom stereocenters. The van der Waals surface area contributed by atoms with E-state index in [1.807, 2.05) is 16.9 Å². The molecule has 1 N–H and O–H groups in total. The zero-order valence-electron chi connectivity index (χ0n) is 8.72. The zero-order chi connectivity index (χ0) is 10.7. The number of carbonyl (C=O) groups is 1. The number of nitrogens with zero attached hydrogens (tertiary/aromatic N) is 2. The first-order valence-corrected chi connectivity index (χ1v) is 5.51. The molecule has 1 aliphatic rings. The standard InChI is InChI=1S/C11H16N2O2/c14-11(15)6-5-9-7-8-13(12-9)10-3-1-2-4-10/h7-8,10H,1-6H2,(H,14,15). The van der Waals surface area contributed by atoms with Gasteiger partial charge < -0.3 is 5.11 Å². The molecule has 0 aromatic carbocycles. The van der Waals surface area contributed by atoms with Crippen LogP contribution < -0.4 is 0 Å². The predicted molar refractivity (Wildman–Crippen MR) is 55.7 cm³/mol. The van der Waals surface area contributed by atoms with Crippen LogP contribution in [0.25, 0.3) is 0 Å². The van der Waals surface area contributed by atoms with E-state index >= 15 is 0 Å². The third kappa shape index (κ3) is 2.58. The molecular weight excluding hydrogens is 192 g/mol. The lowest BCUT2D eigenvalue weighted by Crippen LogP contribution is -2.06. The van der Waals surface area contributed by atoms with E-state index in [-0.39, 0.29) is 6.42 Å². The van der Waals surface area contributed by atoms with Gasteiger partial charge in [-0.15, -0.1) is 0 Å². The highest BCUT2D eigenvalue weighted by molar-refractivity contribution is 5.66. The number of aliphatic carboxylic acids is 1. The Labute approximate surface area is 88.9 Å². The van der Waals surface area contributed by atoms with E-state index in [0.29, 0.717) is 12.5 Å². The summed E-state index contributed by atoms with van der Waals surface area (Å²) in [6, 6.07) is 2.48. The Balaban J connectivity index is 1.94. The lowest BCUT2D eigenvalue weighted by Gasteiger charge is -2.08. The maximum atomic E-state index is 10.4. The van der Waals surface area contributed by atoms with E-state index in [9.17, 15) is 4.79 Å². The van der Waals surface area contributed by atoms with Crippen LogP contribution >= 0.6 is 0 Å². The summed E-state index contributed by atoms with van der Waals surface area (Å²) in [5, 5.41) is 13.0. The Kier molecular flexibility index (Phi) is 3.04. The molecule has 0 spiro atoms. The van der Waals surface area contributed by atoms with E-state index in [4.69, 9.17) is 5.11 Å². The fraction of sp³-hybridized carbons (Fsp3) is 0.636. The van der Waals surface area contributed by atoms with Gasteiger partial charge in [0.2, 0.25) is 0 Å². The van der Waals surface area contributed by atoms with E-state index in [1.165, 1.54) is 25.7 Å². The number of hydrogen-bond acceptors (Lipinski definition) is 2. The van der Waals surface area contributed by atoms with E-state index < -0.39 is 5.97 Å². The van der Waals surface area contributed by atoms with Gasteiger partial charge in [0.25, 0.3) is 0 Å². The first kappa shape index (κ1) is 10.2. The molecule has 82 valence electrons. The van der Waals surface area contributed by atoms with Gasteiger partial charge in [-0.25, -0.2) is 0 Å². The van der Waals surface area contributed by atoms with Crippen LogP contribution in [-0.2, 0) is 11.2 Å². The van der Waals surface area contributed by atoms with Crippen LogP contribution in [0.4, 0.5) is 0 Å². The Morgan fingerprint density at radius 3 is 2.93 bits per heavy atom. The molecule has 1 heterocycles. The first-order valence-electron chi connectivity index (χ1n) is 5.51. The van der Waals surface area contributed by atoms with Gasteiger partial charge in [0, 0.05) is 12.6 Å². The molecule has 4 heteroatoms. The average Bonchev–Trinajstić information content (AvgIpc) is 2.85. The zero-order valence-corrected chi connectivity index (χ0v) is 8.72. The normalized spacial score (nSPS) is 17.1. The molecule has 1 aromatic rings. The van der Waals surface area contributed by atoms with Crippen molar-refractivity contribution in [2.75, 3.05) is 0 Å². The van der Waals surface area contributed by atoms with Crippen molar-refractivity contribution in [3.05, 3.63) is 18.0 Å². The third-order valence-corrected chi connectivity index (χ3v) is 2.96. The molecule has 0 bridgehead atoms. The number of hydrogen-bond donors (Lipinski definition) is 1. The number of aromatic nitrogens is 2. The Bertz CT molecular complexity index is 340. The third-order valence-electron chi connectivity index (χ3n) is 2.96. The first-order chi connectivity index (χ1) is 7.25. The van der Waals surface area contributed by atoms with Gasteiger partial charge in [0.15, 0.2) is 0 Å². The maximum absolute atomic E-state index is 10.4. The van der Waals surface area contributed by atoms with Gasteiger partial charge in [0.05, 0.1) is 18.2 Å². The second kappa shape index (κ2) is 4.47. The molecule has 0 amide bonds. The minimum Gasteiger partial charge on any atom is -0.481 e. The second-order valence-electron chi connectivity index (χ2n) is 4.12. The van der Waals surface area contributed by atoms with Crippen molar-refractivity contribution in [1.29, 1.82) is 0 Å². The van der Waals surface area contributed by atoms with Crippen LogP contribution in [0.2, 0.25) is 0 Å². The summed E-state index contributed by atoms with van der Waals surface area (Å²) in [5.74, 6) is -0.759. The summed E-state index contributed by atoms with van der Waals surface area (Å²) in [4.78, 5) is 10.4. The van der Waals surface area contributed by atoms with Crippen LogP contribution in [0.3, 0.4) is 0 Å². The SMILES string of the molecule is O=C(O)CCc1ccn(C2CCCC2)n1. The highest BCUT2D eigenvalue weighted by Crippen LogP contribution is 2.28. The van der Waals surface area contributed by atoms with Gasteiger partial charge in [-0.3, -0.25) is 9.48 Å². The Hall–Kier alpha value is -1.32. The molecule has 0 atom stereocenters. The maximum Gasteiger partial charge on any atom is 0.303 e. The molecule has 15 heavy (non-hydrogen) atoms. The number of rotatable bonds is 4. The van der Waals surface area contributed by atoms with Crippen molar-refractivity contribution in [3.8, 4) is 0 Å². The minimum atomic E-state index is -0.759. The predicted octanol–water partition coefficient (Wildman–Crippen LogP) is 2.02. The van der Waals surface area contributed by atoms with Crippen LogP contribution in [0.15, 0.2) is 12.3 Å². The molecule has 2 rings (SSSR count). The minimum absolute atomic E-state index is 0.168. The monoisotopic (exact) mass is 208 g/mol. The molecule has 1 aromatic heterocycles. The van der Waals surface area contributed by atoms with Crippen LogP contribution in [0, 0.1) is 0 Å². The summed E-state index contributed by atoms with van der Waals surface area (Å²) in [5.41, 5.74) is 0.893. The summed E-state index contributed by atoms with van der Waals surface area (Å²) >= 11 is 0. The molecule has 0 saturated heterocycles. The topological polar surface area (TPSA) is 55.1 Å². The van der Waals surface area contributed by atoms with E-state index in [1.54, 1.807) is 0 Å². The fourth-order valence-corrected chi connectivity index (χ4v) is 2.12. The van der Waals surface area contributed by atoms with Crippen molar-refractivity contribution < 1.29 is 9.90 Å². The van der Waals surface area contributed by atoms with E-state index in [2.05, 4.69) is 5.10 Å². The van der Waals surface area contributed by atoms with E-state index in [0.717, 1.165) is 5.69 Å². The summed E-state index contributed by atoms with van der Waals surface area (Å²) in [6.45, 7) is 0. The van der Waals surface area contributed by atoms with Crippen molar-refractivity contribution in [1.82, 2.24) is 9.78 Å². The smallest absolute Gasteiger partial charge is 0.303 e. The lowest BCUT2D eigenvalue weighted by atomic mass is 10.2. The molecule has 4 nitrogen and oxygen atoms in total. The molecule has 1 saturated carbocycles. The summed E-state index contributed by atoms with van der Waals surface area (Å²) in [6.07, 6.45) is 7.67. The highest BCUT2D eigenvalue weighted by Gasteiger charge is 2.17. The summed E-state index contributed by atoms with van der Waals surface area (Å²) < 4.78 is 2.00. The number of carboxylic acids is 1. The molecule has 0 aliphatic heterocycles. The quantitative estimate of drug-likeness (QED) is 0.823. The van der Waals surface area contributed by atoms with Gasteiger partial charge in [-0.2, -0.15) is 5.10 Å². The molecule has 1 fully saturated rings. The fourth-order valence-electron chi connectivity index (χ4n) is 2.12. The number of aryl methyl sites for hydroxylation is 1. The second-order valence-corrected chi connectivity index (χ2v) is 4.12. The number of carboxylic acid groups (broad SMARTS) is 1. The molecular formula is C11H16N2O2. The van der Waals surface area contributed by atoms with Crippen molar-refractivity contribution in [3.63, 3.8) is 0 Å². The van der Waals surface area contributed by atoms with Crippen LogP contribution in [-0.4, -0.2) is 20.9 Å². The van der Waals surface area contributed by atoms with Gasteiger partial charge in [-0.1, -0.05) is 12.8 Å². The van der Waals surface area contributed by atoms with Crippen LogP contribution in [0.1, 0.15) is 43.8 Å². The van der Waals surface area contributed by atoms with Crippen molar-refractivity contribution in [2.24, 2.45) is 0 Å². The Morgan fingerprint density at radius 1 is 1.53 bits per heavy atom. The highest BCUT2D eigenvalue weighted by atomic mass is 16.4. The van der Waals surface area contributed by atoms with Crippen molar-refractivity contribution >= 4 is 5.97 Å². The van der Waals surface area contributed by atoms with Gasteiger partial charge in [-0.05, 0) is 18.9 Å². The Morgan fingerprint density at radius 2 is 2.27 bits per heavy atom. The lowest BCUT2D eigenvalue weighted by molar-refractivity contribution is -0.136. The summed E-state index contributed by atoms with van der Waals surface area (Å²) in [7, 11) is 0. The van der Waals surface area contributed by atoms with Crippen molar-refractivity contribution in [2.45, 2.75) is 44.6 Å². The average molecular weight is 208 g/mol. The van der Waals surface area contributed by atoms with Gasteiger partial charge >= 0.3 is 5.97 Å².